The predicted octanol–water partition coefficient (Wildman–Crippen LogP) is 2.30. The van der Waals surface area contributed by atoms with E-state index in [1.165, 1.54) is 22.9 Å². The van der Waals surface area contributed by atoms with Gasteiger partial charge >= 0.3 is 0 Å². The van der Waals surface area contributed by atoms with E-state index in [2.05, 4.69) is 15.9 Å². The van der Waals surface area contributed by atoms with Crippen molar-refractivity contribution in [1.29, 1.82) is 0 Å². The quantitative estimate of drug-likeness (QED) is 0.878. The van der Waals surface area contributed by atoms with Crippen molar-refractivity contribution in [2.75, 3.05) is 12.3 Å². The van der Waals surface area contributed by atoms with Crippen molar-refractivity contribution in [3.8, 4) is 0 Å². The molecule has 2 rings (SSSR count). The standard InChI is InChI=1S/C14H16BrN3O2S/c1-2-17(8-11-4-5-12(15)21-11)14(20)9-18-7-10(16)3-6-13(18)19/h3-7H,2,8-9,16H2,1H3. The highest BCUT2D eigenvalue weighted by molar-refractivity contribution is 9.11. The number of halogens is 1. The summed E-state index contributed by atoms with van der Waals surface area (Å²) in [6, 6.07) is 6.84. The molecule has 0 saturated heterocycles. The number of carbonyl (C=O) groups excluding carboxylic acids is 1. The summed E-state index contributed by atoms with van der Waals surface area (Å²) >= 11 is 5.00. The Morgan fingerprint density at radius 1 is 1.38 bits per heavy atom. The molecule has 0 aromatic carbocycles. The van der Waals surface area contributed by atoms with Gasteiger partial charge in [-0.3, -0.25) is 9.59 Å². The summed E-state index contributed by atoms with van der Waals surface area (Å²) in [5.41, 5.74) is 5.89. The fourth-order valence-electron chi connectivity index (χ4n) is 1.92. The van der Waals surface area contributed by atoms with E-state index in [9.17, 15) is 9.59 Å². The Balaban J connectivity index is 2.09. The summed E-state index contributed by atoms with van der Waals surface area (Å²) in [6.07, 6.45) is 1.50. The van der Waals surface area contributed by atoms with Crippen LogP contribution >= 0.6 is 27.3 Å². The second kappa shape index (κ2) is 6.91. The Bertz CT molecular complexity index is 696. The molecule has 0 aliphatic carbocycles. The summed E-state index contributed by atoms with van der Waals surface area (Å²) in [4.78, 5) is 26.9. The number of anilines is 1. The van der Waals surface area contributed by atoms with Gasteiger partial charge in [0, 0.05) is 29.4 Å². The lowest BCUT2D eigenvalue weighted by molar-refractivity contribution is -0.132. The summed E-state index contributed by atoms with van der Waals surface area (Å²) in [7, 11) is 0. The van der Waals surface area contributed by atoms with Crippen LogP contribution in [0.3, 0.4) is 0 Å². The minimum Gasteiger partial charge on any atom is -0.398 e. The van der Waals surface area contributed by atoms with Gasteiger partial charge in [0.1, 0.15) is 6.54 Å². The first kappa shape index (κ1) is 15.8. The molecule has 0 bridgehead atoms. The minimum atomic E-state index is -0.229. The maximum Gasteiger partial charge on any atom is 0.251 e. The largest absolute Gasteiger partial charge is 0.398 e. The van der Waals surface area contributed by atoms with Gasteiger partial charge in [-0.1, -0.05) is 0 Å². The molecular formula is C14H16BrN3O2S. The van der Waals surface area contributed by atoms with E-state index in [1.54, 1.807) is 16.2 Å². The third-order valence-corrected chi connectivity index (χ3v) is 4.63. The van der Waals surface area contributed by atoms with Crippen molar-refractivity contribution in [1.82, 2.24) is 9.47 Å². The maximum absolute atomic E-state index is 12.3. The molecule has 2 N–H and O–H groups in total. The summed E-state index contributed by atoms with van der Waals surface area (Å²) in [5, 5.41) is 0. The molecule has 0 saturated carbocycles. The molecule has 2 aromatic heterocycles. The van der Waals surface area contributed by atoms with Crippen LogP contribution < -0.4 is 11.3 Å². The Morgan fingerprint density at radius 2 is 2.14 bits per heavy atom. The van der Waals surface area contributed by atoms with E-state index < -0.39 is 0 Å². The van der Waals surface area contributed by atoms with E-state index in [4.69, 9.17) is 5.73 Å². The zero-order valence-corrected chi connectivity index (χ0v) is 14.0. The molecule has 0 atom stereocenters. The number of pyridine rings is 1. The summed E-state index contributed by atoms with van der Waals surface area (Å²) in [6.45, 7) is 3.06. The lowest BCUT2D eigenvalue weighted by Crippen LogP contribution is -2.35. The van der Waals surface area contributed by atoms with Gasteiger partial charge in [-0.15, -0.1) is 11.3 Å². The molecule has 0 aliphatic rings. The van der Waals surface area contributed by atoms with E-state index >= 15 is 0 Å². The van der Waals surface area contributed by atoms with Crippen molar-refractivity contribution in [3.63, 3.8) is 0 Å². The van der Waals surface area contributed by atoms with E-state index in [0.717, 1.165) is 8.66 Å². The molecule has 1 amide bonds. The number of thiophene rings is 1. The van der Waals surface area contributed by atoms with Crippen LogP contribution in [0.2, 0.25) is 0 Å². The number of hydrogen-bond acceptors (Lipinski definition) is 4. The van der Waals surface area contributed by atoms with Crippen molar-refractivity contribution in [2.45, 2.75) is 20.0 Å². The molecule has 21 heavy (non-hydrogen) atoms. The first-order chi connectivity index (χ1) is 9.99. The van der Waals surface area contributed by atoms with Gasteiger partial charge < -0.3 is 15.2 Å². The molecule has 7 heteroatoms. The van der Waals surface area contributed by atoms with Gasteiger partial charge in [0.15, 0.2) is 0 Å². The van der Waals surface area contributed by atoms with E-state index in [0.29, 0.717) is 18.8 Å². The molecule has 112 valence electrons. The van der Waals surface area contributed by atoms with Gasteiger partial charge in [-0.05, 0) is 41.1 Å². The van der Waals surface area contributed by atoms with Crippen LogP contribution in [-0.2, 0) is 17.9 Å². The van der Waals surface area contributed by atoms with Gasteiger partial charge in [-0.25, -0.2) is 0 Å². The first-order valence-corrected chi connectivity index (χ1v) is 8.08. The normalized spacial score (nSPS) is 10.6. The second-order valence-corrected chi connectivity index (χ2v) is 7.09. The second-order valence-electron chi connectivity index (χ2n) is 4.54. The maximum atomic E-state index is 12.3. The van der Waals surface area contributed by atoms with Gasteiger partial charge in [0.25, 0.3) is 5.56 Å². The van der Waals surface area contributed by atoms with Crippen LogP contribution in [0.25, 0.3) is 0 Å². The minimum absolute atomic E-state index is 0.00422. The van der Waals surface area contributed by atoms with Crippen molar-refractivity contribution in [3.05, 3.63) is 49.5 Å². The molecule has 0 aliphatic heterocycles. The highest BCUT2D eigenvalue weighted by Gasteiger charge is 2.14. The number of aromatic nitrogens is 1. The van der Waals surface area contributed by atoms with Crippen LogP contribution in [0.15, 0.2) is 39.0 Å². The monoisotopic (exact) mass is 369 g/mol. The molecular weight excluding hydrogens is 354 g/mol. The van der Waals surface area contributed by atoms with Gasteiger partial charge in [0.05, 0.1) is 10.3 Å². The molecule has 0 radical (unpaired) electrons. The van der Waals surface area contributed by atoms with Gasteiger partial charge in [0.2, 0.25) is 5.91 Å². The third kappa shape index (κ3) is 4.18. The zero-order chi connectivity index (χ0) is 15.4. The Kier molecular flexibility index (Phi) is 5.19. The topological polar surface area (TPSA) is 68.3 Å². The smallest absolute Gasteiger partial charge is 0.251 e. The number of hydrogen-bond donors (Lipinski definition) is 1. The number of nitrogens with two attached hydrogens (primary N) is 1. The number of nitrogens with zero attached hydrogens (tertiary/aromatic N) is 2. The number of carbonyl (C=O) groups is 1. The number of rotatable bonds is 5. The zero-order valence-electron chi connectivity index (χ0n) is 11.6. The highest BCUT2D eigenvalue weighted by Crippen LogP contribution is 2.23. The lowest BCUT2D eigenvalue weighted by atomic mass is 10.3. The predicted molar refractivity (Wildman–Crippen MR) is 88.2 cm³/mol. The highest BCUT2D eigenvalue weighted by atomic mass is 79.9. The van der Waals surface area contributed by atoms with Crippen LogP contribution in [-0.4, -0.2) is 21.9 Å². The fraction of sp³-hybridized carbons (Fsp3) is 0.286. The molecule has 2 aromatic rings. The van der Waals surface area contributed by atoms with Crippen LogP contribution in [0.5, 0.6) is 0 Å². The fourth-order valence-corrected chi connectivity index (χ4v) is 3.42. The average molecular weight is 370 g/mol. The average Bonchev–Trinajstić information content (AvgIpc) is 2.85. The molecule has 0 unspecified atom stereocenters. The summed E-state index contributed by atoms with van der Waals surface area (Å²) in [5.74, 6) is -0.102. The van der Waals surface area contributed by atoms with Crippen molar-refractivity contribution >= 4 is 38.9 Å². The van der Waals surface area contributed by atoms with Gasteiger partial charge in [-0.2, -0.15) is 0 Å². The van der Waals surface area contributed by atoms with Crippen LogP contribution in [0, 0.1) is 0 Å². The molecule has 0 spiro atoms. The number of nitrogen functional groups attached to an aromatic ring is 1. The van der Waals surface area contributed by atoms with E-state index in [1.807, 2.05) is 19.1 Å². The lowest BCUT2D eigenvalue weighted by Gasteiger charge is -2.20. The number of likely N-dealkylation sites (N-methyl/N-ethyl adjacent to an activating group) is 1. The van der Waals surface area contributed by atoms with Crippen molar-refractivity contribution in [2.24, 2.45) is 0 Å². The SMILES string of the molecule is CCN(Cc1ccc(Br)s1)C(=O)Cn1cc(N)ccc1=O. The molecule has 2 heterocycles. The van der Waals surface area contributed by atoms with Crippen molar-refractivity contribution < 1.29 is 4.79 Å². The van der Waals surface area contributed by atoms with Crippen LogP contribution in [0.1, 0.15) is 11.8 Å². The Labute approximate surface area is 135 Å². The Morgan fingerprint density at radius 3 is 2.76 bits per heavy atom. The first-order valence-electron chi connectivity index (χ1n) is 6.47. The third-order valence-electron chi connectivity index (χ3n) is 3.02. The van der Waals surface area contributed by atoms with E-state index in [-0.39, 0.29) is 18.0 Å². The number of amides is 1. The van der Waals surface area contributed by atoms with Crippen LogP contribution in [0.4, 0.5) is 5.69 Å². The Hall–Kier alpha value is -1.60. The molecule has 0 fully saturated rings. The summed E-state index contributed by atoms with van der Waals surface area (Å²) < 4.78 is 2.37. The molecule has 5 nitrogen and oxygen atoms in total.